The Balaban J connectivity index is 2.19. The standard InChI is InChI=1S/C19H26O3/c1-3-4-5-6-7-8-9-14-22-15-10-11-17-12-13-18(20)19(16-17)21-2/h4-5,8-13,16,20H,3,6-7,14-15H2,1-2H3/b5-4+,9-8+,11-10+. The highest BCUT2D eigenvalue weighted by Crippen LogP contribution is 2.26. The molecular formula is C19H26O3. The molecule has 0 heterocycles. The van der Waals surface area contributed by atoms with Crippen molar-refractivity contribution in [1.82, 2.24) is 0 Å². The molecule has 120 valence electrons. The molecule has 0 aliphatic rings. The molecule has 3 nitrogen and oxygen atoms in total. The summed E-state index contributed by atoms with van der Waals surface area (Å²) in [5, 5.41) is 9.51. The van der Waals surface area contributed by atoms with E-state index >= 15 is 0 Å². The fourth-order valence-electron chi connectivity index (χ4n) is 1.85. The van der Waals surface area contributed by atoms with Crippen molar-refractivity contribution in [2.45, 2.75) is 26.2 Å². The summed E-state index contributed by atoms with van der Waals surface area (Å²) in [7, 11) is 1.54. The van der Waals surface area contributed by atoms with E-state index in [1.807, 2.05) is 18.2 Å². The highest BCUT2D eigenvalue weighted by Gasteiger charge is 1.99. The molecule has 0 aromatic heterocycles. The number of phenolic OH excluding ortho intramolecular Hbond substituents is 1. The van der Waals surface area contributed by atoms with Crippen molar-refractivity contribution in [2.24, 2.45) is 0 Å². The number of allylic oxidation sites excluding steroid dienone is 3. The van der Waals surface area contributed by atoms with Gasteiger partial charge in [-0.3, -0.25) is 0 Å². The van der Waals surface area contributed by atoms with E-state index in [9.17, 15) is 5.11 Å². The average molecular weight is 302 g/mol. The van der Waals surface area contributed by atoms with Crippen molar-refractivity contribution in [3.8, 4) is 11.5 Å². The number of phenols is 1. The number of aromatic hydroxyl groups is 1. The first-order valence-corrected chi connectivity index (χ1v) is 7.69. The Morgan fingerprint density at radius 1 is 1.00 bits per heavy atom. The van der Waals surface area contributed by atoms with Crippen LogP contribution in [-0.4, -0.2) is 25.4 Å². The van der Waals surface area contributed by atoms with Crippen LogP contribution in [0.3, 0.4) is 0 Å². The van der Waals surface area contributed by atoms with Crippen LogP contribution in [0.1, 0.15) is 31.7 Å². The largest absolute Gasteiger partial charge is 0.504 e. The van der Waals surface area contributed by atoms with Gasteiger partial charge in [-0.1, -0.05) is 49.4 Å². The number of unbranched alkanes of at least 4 members (excludes halogenated alkanes) is 1. The highest BCUT2D eigenvalue weighted by molar-refractivity contribution is 5.55. The van der Waals surface area contributed by atoms with Crippen LogP contribution in [0, 0.1) is 0 Å². The molecule has 1 aromatic rings. The maximum Gasteiger partial charge on any atom is 0.161 e. The maximum atomic E-state index is 9.51. The number of methoxy groups -OCH3 is 1. The van der Waals surface area contributed by atoms with Gasteiger partial charge in [-0.15, -0.1) is 0 Å². The highest BCUT2D eigenvalue weighted by atomic mass is 16.5. The predicted octanol–water partition coefficient (Wildman–Crippen LogP) is 4.73. The molecular weight excluding hydrogens is 276 g/mol. The van der Waals surface area contributed by atoms with Gasteiger partial charge in [0.25, 0.3) is 0 Å². The van der Waals surface area contributed by atoms with Gasteiger partial charge in [0.2, 0.25) is 0 Å². The third-order valence-corrected chi connectivity index (χ3v) is 3.01. The summed E-state index contributed by atoms with van der Waals surface area (Å²) in [5.41, 5.74) is 0.969. The lowest BCUT2D eigenvalue weighted by Gasteiger charge is -2.03. The Bertz CT molecular complexity index is 501. The van der Waals surface area contributed by atoms with E-state index in [-0.39, 0.29) is 5.75 Å². The van der Waals surface area contributed by atoms with E-state index in [1.165, 1.54) is 7.11 Å². The molecule has 0 aliphatic heterocycles. The summed E-state index contributed by atoms with van der Waals surface area (Å²) in [6, 6.07) is 5.24. The first-order chi connectivity index (χ1) is 10.8. The number of benzene rings is 1. The van der Waals surface area contributed by atoms with Gasteiger partial charge in [0.15, 0.2) is 11.5 Å². The van der Waals surface area contributed by atoms with Gasteiger partial charge in [0.1, 0.15) is 0 Å². The second-order valence-corrected chi connectivity index (χ2v) is 4.80. The molecule has 0 saturated heterocycles. The average Bonchev–Trinajstić information content (AvgIpc) is 2.54. The molecule has 0 unspecified atom stereocenters. The molecule has 1 aromatic carbocycles. The third kappa shape index (κ3) is 7.70. The minimum absolute atomic E-state index is 0.148. The Morgan fingerprint density at radius 3 is 2.45 bits per heavy atom. The van der Waals surface area contributed by atoms with Crippen molar-refractivity contribution in [1.29, 1.82) is 0 Å². The van der Waals surface area contributed by atoms with Gasteiger partial charge < -0.3 is 14.6 Å². The molecule has 0 spiro atoms. The molecule has 0 bridgehead atoms. The fraction of sp³-hybridized carbons (Fsp3) is 0.368. The molecule has 0 fully saturated rings. The Morgan fingerprint density at radius 2 is 1.73 bits per heavy atom. The van der Waals surface area contributed by atoms with Gasteiger partial charge in [-0.25, -0.2) is 0 Å². The molecule has 0 atom stereocenters. The second kappa shape index (κ2) is 11.6. The maximum absolute atomic E-state index is 9.51. The first-order valence-electron chi connectivity index (χ1n) is 7.69. The van der Waals surface area contributed by atoms with Crippen LogP contribution in [0.15, 0.2) is 48.6 Å². The molecule has 0 amide bonds. The smallest absolute Gasteiger partial charge is 0.161 e. The zero-order valence-electron chi connectivity index (χ0n) is 13.5. The number of hydrogen-bond donors (Lipinski definition) is 1. The number of hydrogen-bond acceptors (Lipinski definition) is 3. The molecule has 1 N–H and O–H groups in total. The molecule has 0 radical (unpaired) electrons. The first kappa shape index (κ1) is 18.1. The van der Waals surface area contributed by atoms with Crippen LogP contribution in [0.25, 0.3) is 6.08 Å². The van der Waals surface area contributed by atoms with Gasteiger partial charge in [-0.2, -0.15) is 0 Å². The van der Waals surface area contributed by atoms with E-state index in [0.29, 0.717) is 19.0 Å². The van der Waals surface area contributed by atoms with Crippen molar-refractivity contribution in [3.63, 3.8) is 0 Å². The molecule has 3 heteroatoms. The van der Waals surface area contributed by atoms with E-state index in [2.05, 4.69) is 31.2 Å². The predicted molar refractivity (Wildman–Crippen MR) is 92.3 cm³/mol. The van der Waals surface area contributed by atoms with Crippen molar-refractivity contribution < 1.29 is 14.6 Å². The number of rotatable bonds is 10. The van der Waals surface area contributed by atoms with Crippen molar-refractivity contribution in [2.75, 3.05) is 20.3 Å². The summed E-state index contributed by atoms with van der Waals surface area (Å²) in [6.07, 6.45) is 15.7. The summed E-state index contributed by atoms with van der Waals surface area (Å²) in [6.45, 7) is 3.33. The lowest BCUT2D eigenvalue weighted by Crippen LogP contribution is -1.90. The van der Waals surface area contributed by atoms with Crippen LogP contribution in [0.2, 0.25) is 0 Å². The lowest BCUT2D eigenvalue weighted by molar-refractivity contribution is 0.194. The van der Waals surface area contributed by atoms with E-state index in [0.717, 1.165) is 24.8 Å². The summed E-state index contributed by atoms with van der Waals surface area (Å²) in [5.74, 6) is 0.623. The van der Waals surface area contributed by atoms with Crippen molar-refractivity contribution >= 4 is 6.08 Å². The minimum Gasteiger partial charge on any atom is -0.504 e. The van der Waals surface area contributed by atoms with E-state index < -0.39 is 0 Å². The summed E-state index contributed by atoms with van der Waals surface area (Å²) >= 11 is 0. The quantitative estimate of drug-likeness (QED) is 0.501. The molecule has 0 saturated carbocycles. The zero-order chi connectivity index (χ0) is 16.0. The topological polar surface area (TPSA) is 38.7 Å². The monoisotopic (exact) mass is 302 g/mol. The Hall–Kier alpha value is -2.00. The molecule has 0 aliphatic carbocycles. The van der Waals surface area contributed by atoms with Gasteiger partial charge in [-0.05, 0) is 37.0 Å². The van der Waals surface area contributed by atoms with Crippen LogP contribution < -0.4 is 4.74 Å². The molecule has 1 rings (SSSR count). The minimum atomic E-state index is 0.148. The van der Waals surface area contributed by atoms with Crippen LogP contribution in [0.5, 0.6) is 11.5 Å². The molecule has 22 heavy (non-hydrogen) atoms. The second-order valence-electron chi connectivity index (χ2n) is 4.80. The fourth-order valence-corrected chi connectivity index (χ4v) is 1.85. The number of ether oxygens (including phenoxy) is 2. The normalized spacial score (nSPS) is 11.9. The van der Waals surface area contributed by atoms with Crippen molar-refractivity contribution in [3.05, 3.63) is 54.1 Å². The summed E-state index contributed by atoms with van der Waals surface area (Å²) < 4.78 is 10.6. The lowest BCUT2D eigenvalue weighted by atomic mass is 10.2. The van der Waals surface area contributed by atoms with Gasteiger partial charge in [0.05, 0.1) is 20.3 Å². The zero-order valence-corrected chi connectivity index (χ0v) is 13.5. The van der Waals surface area contributed by atoms with Crippen LogP contribution in [0.4, 0.5) is 0 Å². The van der Waals surface area contributed by atoms with E-state index in [4.69, 9.17) is 9.47 Å². The SMILES string of the molecule is CC/C=C/CC/C=C/COC/C=C/c1ccc(O)c(OC)c1. The Kier molecular flexibility index (Phi) is 9.55. The van der Waals surface area contributed by atoms with Crippen LogP contribution in [-0.2, 0) is 4.74 Å². The third-order valence-electron chi connectivity index (χ3n) is 3.01. The van der Waals surface area contributed by atoms with Crippen LogP contribution >= 0.6 is 0 Å². The van der Waals surface area contributed by atoms with E-state index in [1.54, 1.807) is 12.1 Å². The van der Waals surface area contributed by atoms with Gasteiger partial charge >= 0.3 is 0 Å². The summed E-state index contributed by atoms with van der Waals surface area (Å²) in [4.78, 5) is 0. The van der Waals surface area contributed by atoms with Gasteiger partial charge in [0, 0.05) is 0 Å². The Labute approximate surface area is 133 Å².